The summed E-state index contributed by atoms with van der Waals surface area (Å²) in [4.78, 5) is 28.3. The first kappa shape index (κ1) is 16.4. The molecule has 0 aliphatic heterocycles. The minimum atomic E-state index is -0.674. The minimum absolute atomic E-state index is 0.0583. The minimum Gasteiger partial charge on any atom is -0.364 e. The van der Waals surface area contributed by atoms with Crippen LogP contribution >= 0.6 is 0 Å². The van der Waals surface area contributed by atoms with Crippen LogP contribution in [0, 0.1) is 0 Å². The van der Waals surface area contributed by atoms with Gasteiger partial charge in [0.15, 0.2) is 0 Å². The van der Waals surface area contributed by atoms with Gasteiger partial charge in [-0.25, -0.2) is 4.98 Å². The number of para-hydroxylation sites is 1. The fourth-order valence-electron chi connectivity index (χ4n) is 2.33. The molecule has 118 valence electrons. The standard InChI is InChI=1S/C18H19N3O2/c1-10(2)16(11(3)4)21-18(23)13-9-15(17(19)22)20-14-8-6-5-7-12(13)14/h5-9H,1H2,2-4H3,(H2,19,22)(H,21,23). The van der Waals surface area contributed by atoms with Gasteiger partial charge in [-0.1, -0.05) is 30.4 Å². The van der Waals surface area contributed by atoms with Crippen LogP contribution in [-0.4, -0.2) is 16.8 Å². The second kappa shape index (κ2) is 6.44. The van der Waals surface area contributed by atoms with E-state index in [-0.39, 0.29) is 11.6 Å². The molecule has 3 N–H and O–H groups in total. The summed E-state index contributed by atoms with van der Waals surface area (Å²) in [6, 6.07) is 8.54. The zero-order valence-electron chi connectivity index (χ0n) is 13.4. The molecule has 2 rings (SSSR count). The smallest absolute Gasteiger partial charge is 0.267 e. The summed E-state index contributed by atoms with van der Waals surface area (Å²) < 4.78 is 0. The average molecular weight is 309 g/mol. The third kappa shape index (κ3) is 3.45. The fraction of sp³-hybridized carbons (Fsp3) is 0.167. The van der Waals surface area contributed by atoms with Crippen molar-refractivity contribution in [1.82, 2.24) is 10.3 Å². The molecule has 0 radical (unpaired) electrons. The van der Waals surface area contributed by atoms with Gasteiger partial charge in [0.05, 0.1) is 11.1 Å². The van der Waals surface area contributed by atoms with Crippen LogP contribution in [-0.2, 0) is 0 Å². The van der Waals surface area contributed by atoms with Crippen molar-refractivity contribution in [1.29, 1.82) is 0 Å². The van der Waals surface area contributed by atoms with Gasteiger partial charge in [0.2, 0.25) is 0 Å². The lowest BCUT2D eigenvalue weighted by Crippen LogP contribution is -2.25. The Morgan fingerprint density at radius 2 is 1.83 bits per heavy atom. The van der Waals surface area contributed by atoms with E-state index in [4.69, 9.17) is 5.73 Å². The number of hydrogen-bond acceptors (Lipinski definition) is 3. The van der Waals surface area contributed by atoms with Crippen LogP contribution in [0.3, 0.4) is 0 Å². The number of nitrogens with two attached hydrogens (primary N) is 1. The molecule has 0 fully saturated rings. The Balaban J connectivity index is 2.58. The van der Waals surface area contributed by atoms with Gasteiger partial charge in [0.25, 0.3) is 11.8 Å². The van der Waals surface area contributed by atoms with Crippen LogP contribution in [0.5, 0.6) is 0 Å². The maximum absolute atomic E-state index is 12.7. The number of amides is 2. The van der Waals surface area contributed by atoms with Crippen molar-refractivity contribution in [2.24, 2.45) is 5.73 Å². The topological polar surface area (TPSA) is 85.1 Å². The van der Waals surface area contributed by atoms with Gasteiger partial charge in [-0.2, -0.15) is 0 Å². The Kier molecular flexibility index (Phi) is 4.60. The number of allylic oxidation sites excluding steroid dienone is 2. The normalized spacial score (nSPS) is 10.2. The first-order valence-corrected chi connectivity index (χ1v) is 7.15. The molecule has 0 atom stereocenters. The lowest BCUT2D eigenvalue weighted by atomic mass is 10.1. The number of benzene rings is 1. The number of carbonyl (C=O) groups is 2. The van der Waals surface area contributed by atoms with Gasteiger partial charge in [-0.3, -0.25) is 9.59 Å². The van der Waals surface area contributed by atoms with Crippen LogP contribution in [0.1, 0.15) is 41.6 Å². The third-order valence-corrected chi connectivity index (χ3v) is 3.38. The number of primary amides is 1. The highest BCUT2D eigenvalue weighted by Crippen LogP contribution is 2.19. The van der Waals surface area contributed by atoms with E-state index in [1.54, 1.807) is 18.2 Å². The van der Waals surface area contributed by atoms with Crippen LogP contribution in [0.4, 0.5) is 0 Å². The van der Waals surface area contributed by atoms with E-state index in [0.717, 1.165) is 11.1 Å². The van der Waals surface area contributed by atoms with Crippen molar-refractivity contribution in [3.8, 4) is 0 Å². The van der Waals surface area contributed by atoms with E-state index in [1.807, 2.05) is 26.8 Å². The molecule has 0 saturated carbocycles. The lowest BCUT2D eigenvalue weighted by Gasteiger charge is -2.13. The van der Waals surface area contributed by atoms with Crippen molar-refractivity contribution >= 4 is 22.7 Å². The molecule has 0 unspecified atom stereocenters. The number of nitrogens with one attached hydrogen (secondary N) is 1. The maximum atomic E-state index is 12.7. The molecule has 5 heteroatoms. The van der Waals surface area contributed by atoms with E-state index in [2.05, 4.69) is 16.9 Å². The Morgan fingerprint density at radius 3 is 2.39 bits per heavy atom. The molecule has 0 spiro atoms. The van der Waals surface area contributed by atoms with E-state index in [0.29, 0.717) is 22.2 Å². The number of rotatable bonds is 4. The number of carbonyl (C=O) groups excluding carboxylic acids is 2. The van der Waals surface area contributed by atoms with E-state index in [1.165, 1.54) is 6.07 Å². The second-order valence-electron chi connectivity index (χ2n) is 5.55. The Morgan fingerprint density at radius 1 is 1.17 bits per heavy atom. The highest BCUT2D eigenvalue weighted by atomic mass is 16.2. The van der Waals surface area contributed by atoms with Gasteiger partial charge in [-0.15, -0.1) is 0 Å². The Labute approximate surface area is 134 Å². The van der Waals surface area contributed by atoms with Crippen LogP contribution < -0.4 is 11.1 Å². The number of hydrogen-bond donors (Lipinski definition) is 2. The molecule has 1 aromatic carbocycles. The van der Waals surface area contributed by atoms with Crippen LogP contribution in [0.15, 0.2) is 53.8 Å². The lowest BCUT2D eigenvalue weighted by molar-refractivity contribution is 0.0967. The zero-order chi connectivity index (χ0) is 17.1. The molecule has 0 bridgehead atoms. The fourth-order valence-corrected chi connectivity index (χ4v) is 2.33. The first-order chi connectivity index (χ1) is 10.8. The summed E-state index contributed by atoms with van der Waals surface area (Å²) in [6.07, 6.45) is 0. The number of aromatic nitrogens is 1. The second-order valence-corrected chi connectivity index (χ2v) is 5.55. The highest BCUT2D eigenvalue weighted by Gasteiger charge is 2.16. The molecule has 0 aliphatic rings. The Bertz CT molecular complexity index is 846. The van der Waals surface area contributed by atoms with Gasteiger partial charge in [0, 0.05) is 11.1 Å². The summed E-state index contributed by atoms with van der Waals surface area (Å²) in [7, 11) is 0. The highest BCUT2D eigenvalue weighted by molar-refractivity contribution is 6.09. The third-order valence-electron chi connectivity index (χ3n) is 3.38. The average Bonchev–Trinajstić information content (AvgIpc) is 2.50. The molecule has 5 nitrogen and oxygen atoms in total. The number of fused-ring (bicyclic) bond motifs is 1. The maximum Gasteiger partial charge on any atom is 0.267 e. The first-order valence-electron chi connectivity index (χ1n) is 7.15. The largest absolute Gasteiger partial charge is 0.364 e. The molecule has 1 heterocycles. The summed E-state index contributed by atoms with van der Waals surface area (Å²) in [5.74, 6) is -1.00. The molecular weight excluding hydrogens is 290 g/mol. The van der Waals surface area contributed by atoms with Gasteiger partial charge >= 0.3 is 0 Å². The quantitative estimate of drug-likeness (QED) is 0.851. The van der Waals surface area contributed by atoms with Gasteiger partial charge in [-0.05, 0) is 38.5 Å². The van der Waals surface area contributed by atoms with Crippen molar-refractivity contribution in [2.45, 2.75) is 20.8 Å². The molecule has 0 aliphatic carbocycles. The zero-order valence-corrected chi connectivity index (χ0v) is 13.4. The van der Waals surface area contributed by atoms with Crippen molar-refractivity contribution in [2.75, 3.05) is 0 Å². The van der Waals surface area contributed by atoms with E-state index < -0.39 is 5.91 Å². The van der Waals surface area contributed by atoms with Crippen molar-refractivity contribution in [3.63, 3.8) is 0 Å². The number of pyridine rings is 1. The summed E-state index contributed by atoms with van der Waals surface area (Å²) in [6.45, 7) is 9.48. The predicted molar refractivity (Wildman–Crippen MR) is 90.9 cm³/mol. The monoisotopic (exact) mass is 309 g/mol. The van der Waals surface area contributed by atoms with Crippen molar-refractivity contribution in [3.05, 3.63) is 65.0 Å². The van der Waals surface area contributed by atoms with Crippen molar-refractivity contribution < 1.29 is 9.59 Å². The molecule has 2 aromatic rings. The predicted octanol–water partition coefficient (Wildman–Crippen LogP) is 2.93. The molecule has 1 aromatic heterocycles. The summed E-state index contributed by atoms with van der Waals surface area (Å²) in [5, 5.41) is 3.51. The van der Waals surface area contributed by atoms with Crippen LogP contribution in [0.25, 0.3) is 10.9 Å². The molecule has 23 heavy (non-hydrogen) atoms. The van der Waals surface area contributed by atoms with Crippen LogP contribution in [0.2, 0.25) is 0 Å². The summed E-state index contributed by atoms with van der Waals surface area (Å²) >= 11 is 0. The molecule has 2 amide bonds. The van der Waals surface area contributed by atoms with E-state index in [9.17, 15) is 9.59 Å². The van der Waals surface area contributed by atoms with E-state index >= 15 is 0 Å². The number of nitrogens with zero attached hydrogens (tertiary/aromatic N) is 1. The van der Waals surface area contributed by atoms with Gasteiger partial charge in [0.1, 0.15) is 5.69 Å². The SMILES string of the molecule is C=C(C)C(NC(=O)c1cc(C(N)=O)nc2ccccc12)=C(C)C. The molecular formula is C18H19N3O2. The summed E-state index contributed by atoms with van der Waals surface area (Å²) in [5.41, 5.74) is 8.65. The molecule has 0 saturated heterocycles. The Hall–Kier alpha value is -2.95. The van der Waals surface area contributed by atoms with Gasteiger partial charge < -0.3 is 11.1 Å².